The molecule has 1 aliphatic heterocycles. The minimum Gasteiger partial charge on any atom is -0.357 e. The van der Waals surface area contributed by atoms with Crippen molar-refractivity contribution < 1.29 is 101 Å². The van der Waals surface area contributed by atoms with Crippen LogP contribution in [0.4, 0.5) is 11.6 Å². The van der Waals surface area contributed by atoms with Gasteiger partial charge in [-0.2, -0.15) is 0 Å². The molecule has 518 valence electrons. The van der Waals surface area contributed by atoms with Crippen molar-refractivity contribution in [3.05, 3.63) is 354 Å². The number of aromatic carboxylic acids is 2. The van der Waals surface area contributed by atoms with Gasteiger partial charge in [-0.3, -0.25) is 34.9 Å². The second-order valence-electron chi connectivity index (χ2n) is 20.2. The zero-order valence-electron chi connectivity index (χ0n) is 52.8. The summed E-state index contributed by atoms with van der Waals surface area (Å²) >= 11 is 4.83. The first kappa shape index (κ1) is 79.3. The van der Waals surface area contributed by atoms with Crippen LogP contribution in [0.1, 0.15) is 43.5 Å². The van der Waals surface area contributed by atoms with Gasteiger partial charge in [-0.25, -0.2) is 19.6 Å². The van der Waals surface area contributed by atoms with Crippen molar-refractivity contribution in [2.75, 3.05) is 0 Å². The molecule has 4 aromatic carbocycles. The Kier molecular flexibility index (Phi) is 33.9. The number of aromatic nitrogens is 10. The SMILES string of the molecule is C(c1ccccn1)=c1[n-]c(=Cc2ccccn2)c2ccccc12.O=C(O)c1cccc(C(=O)O)n1.Oc1ccccc1-c1cccc(-c2ccccn2)n1.[Cl][Pt+].[Cl][Pt+].[Cl][Pt].[Ir].[c-]1c(-c2ccccn2)cccc1-c1ccccn1.c1ccc(N=C2[N-]C(=Nc3ccccn3)c3ccccc32)nc1. The van der Waals surface area contributed by atoms with E-state index in [1.165, 1.54) is 18.2 Å². The van der Waals surface area contributed by atoms with Gasteiger partial charge in [0.1, 0.15) is 17.1 Å². The maximum absolute atomic E-state index is 10.3. The standard InChI is InChI=1S/C20H14N3.C18H12N5.C16H12N2O.C16H11N2.C7H5NO4.3ClH.Ir.3Pt/c1-2-10-18-17(9-1)19(13-15-7-3-5-11-21-15)23-20(18)14-16-8-4-6-12-22-16;1-2-8-14-13(7-1)17(21-15-9-3-5-11-19-15)23-18(14)22-16-10-4-6-12-20-16;19-16-10-2-1-6-12(16)13-8-5-9-15(18-13)14-7-3-4-11-17-14;1-3-10-17-15(8-1)13-6-5-7-14(12-13)16-9-2-4-11-18-16;9-6(10)4-2-1-3-5(8-4)7(11)12;;;;;;;/h1-14H;1-12H;1-11,19H;1-11H;1-3H,(H,9,10)(H,11,12);3*1H;;;;/q2*-1;;-1;;;;;;+1;2*+2/p-3. The van der Waals surface area contributed by atoms with E-state index in [9.17, 15) is 14.7 Å². The summed E-state index contributed by atoms with van der Waals surface area (Å²) < 4.78 is 0. The van der Waals surface area contributed by atoms with E-state index in [2.05, 4.69) is 107 Å². The smallest absolute Gasteiger partial charge is 0.0837 e. The number of nitrogens with zero attached hydrogens (tertiary/aromatic N) is 13. The van der Waals surface area contributed by atoms with Gasteiger partial charge in [0.25, 0.3) is 0 Å². The van der Waals surface area contributed by atoms with Gasteiger partial charge in [-0.1, -0.05) is 151 Å². The molecule has 0 unspecified atom stereocenters. The van der Waals surface area contributed by atoms with Crippen molar-refractivity contribution in [1.82, 2.24) is 49.8 Å². The number of carboxylic acids is 2. The molecule has 0 amide bonds. The van der Waals surface area contributed by atoms with Gasteiger partial charge < -0.3 is 35.6 Å². The van der Waals surface area contributed by atoms with E-state index in [4.69, 9.17) is 15.2 Å². The molecule has 11 heterocycles. The first-order chi connectivity index (χ1) is 49.7. The van der Waals surface area contributed by atoms with Crippen molar-refractivity contribution in [3.8, 4) is 50.9 Å². The summed E-state index contributed by atoms with van der Waals surface area (Å²) in [6, 6.07) is 82.6. The van der Waals surface area contributed by atoms with E-state index in [0.29, 0.717) is 23.3 Å². The monoisotopic (exact) mass is 2120 g/mol. The number of pyridine rings is 9. The summed E-state index contributed by atoms with van der Waals surface area (Å²) in [5, 5.41) is 35.4. The third-order valence-corrected chi connectivity index (χ3v) is 13.7. The average Bonchev–Trinajstić information content (AvgIpc) is 1.65. The van der Waals surface area contributed by atoms with Crippen LogP contribution in [0.3, 0.4) is 0 Å². The van der Waals surface area contributed by atoms with Crippen molar-refractivity contribution in [1.29, 1.82) is 0 Å². The Labute approximate surface area is 646 Å². The molecule has 0 spiro atoms. The number of phenolic OH excluding ortho intramolecular Hbond substituents is 1. The Bertz CT molecular complexity index is 4860. The van der Waals surface area contributed by atoms with Gasteiger partial charge in [0.15, 0.2) is 0 Å². The second-order valence-corrected chi connectivity index (χ2v) is 20.2. The Morgan fingerprint density at radius 1 is 0.392 bits per heavy atom. The van der Waals surface area contributed by atoms with Crippen molar-refractivity contribution >= 4 is 86.4 Å². The normalized spacial score (nSPS) is 11.6. The van der Waals surface area contributed by atoms with Crippen LogP contribution in [-0.4, -0.2) is 83.8 Å². The number of hydrogen-bond donors (Lipinski definition) is 3. The van der Waals surface area contributed by atoms with Crippen LogP contribution in [0.2, 0.25) is 0 Å². The maximum atomic E-state index is 10.3. The van der Waals surface area contributed by atoms with Crippen molar-refractivity contribution in [2.24, 2.45) is 9.98 Å². The van der Waals surface area contributed by atoms with Gasteiger partial charge in [-0.05, 0) is 131 Å². The second kappa shape index (κ2) is 43.6. The number of fused-ring (bicyclic) bond motifs is 2. The molecule has 10 aromatic heterocycles. The third kappa shape index (κ3) is 23.8. The summed E-state index contributed by atoms with van der Waals surface area (Å²) in [6.45, 7) is 0. The van der Waals surface area contributed by atoms with E-state index in [1.807, 2.05) is 224 Å². The fourth-order valence-electron chi connectivity index (χ4n) is 9.34. The number of benzene rings is 4. The number of carbonyl (C=O) groups is 2. The fourth-order valence-corrected chi connectivity index (χ4v) is 9.34. The number of phenols is 1. The minimum absolute atomic E-state index is 0. The van der Waals surface area contributed by atoms with Crippen molar-refractivity contribution in [3.63, 3.8) is 0 Å². The fraction of sp³-hybridized carbons (Fsp3) is 0. The van der Waals surface area contributed by atoms with E-state index >= 15 is 0 Å². The largest absolute Gasteiger partial charge is 0.357 e. The van der Waals surface area contributed by atoms with Crippen LogP contribution >= 0.6 is 28.3 Å². The molecule has 1 radical (unpaired) electrons. The zero-order valence-corrected chi connectivity index (χ0v) is 64.3. The Morgan fingerprint density at radius 2 is 0.755 bits per heavy atom. The maximum Gasteiger partial charge on any atom is 0.0837 e. The van der Waals surface area contributed by atoms with E-state index < -0.39 is 11.9 Å². The molecule has 25 heteroatoms. The molecule has 14 aromatic rings. The first-order valence-corrected chi connectivity index (χ1v) is 38.3. The van der Waals surface area contributed by atoms with Gasteiger partial charge in [0, 0.05) is 92.1 Å². The molecule has 0 bridgehead atoms. The topological polar surface area (TPSA) is 264 Å². The number of aliphatic imine (C=N–C) groups is 2. The molecular weight excluding hydrogens is 2070 g/mol. The van der Waals surface area contributed by atoms with Crippen LogP contribution < -0.4 is 15.7 Å². The molecule has 0 atom stereocenters. The summed E-state index contributed by atoms with van der Waals surface area (Å²) in [5.41, 5.74) is 10.1. The first-order valence-electron chi connectivity index (χ1n) is 29.9. The predicted molar refractivity (Wildman–Crippen MR) is 385 cm³/mol. The molecule has 18 nitrogen and oxygen atoms in total. The summed E-state index contributed by atoms with van der Waals surface area (Å²) in [5.74, 6) is 0.243. The number of para-hydroxylation sites is 1. The molecule has 102 heavy (non-hydrogen) atoms. The molecule has 0 aliphatic carbocycles. The quantitative estimate of drug-likeness (QED) is 0.107. The van der Waals surface area contributed by atoms with Crippen LogP contribution in [-0.2, 0) is 76.4 Å². The summed E-state index contributed by atoms with van der Waals surface area (Å²) in [7, 11) is 13.8. The van der Waals surface area contributed by atoms with E-state index in [-0.39, 0.29) is 37.2 Å². The molecule has 0 saturated carbocycles. The number of hydrogen-bond acceptors (Lipinski definition) is 14. The van der Waals surface area contributed by atoms with Crippen LogP contribution in [0.25, 0.3) is 73.4 Å². The average molecular weight is 2130 g/mol. The summed E-state index contributed by atoms with van der Waals surface area (Å²) in [6.07, 6.45) is 16.3. The number of aromatic hydroxyl groups is 1. The Hall–Kier alpha value is -10.0. The summed E-state index contributed by atoms with van der Waals surface area (Å²) in [4.78, 5) is 72.5. The van der Waals surface area contributed by atoms with Crippen molar-refractivity contribution in [2.45, 2.75) is 0 Å². The third-order valence-electron chi connectivity index (χ3n) is 13.7. The molecule has 15 rings (SSSR count). The Morgan fingerprint density at radius 3 is 1.17 bits per heavy atom. The van der Waals surface area contributed by atoms with E-state index in [0.717, 1.165) is 89.1 Å². The number of rotatable bonds is 10. The van der Waals surface area contributed by atoms with Gasteiger partial charge >= 0.3 is 96.5 Å². The number of amidine groups is 2. The molecule has 3 N–H and O–H groups in total. The molecular formula is C77H54Cl3IrN13O5Pt3-. The van der Waals surface area contributed by atoms with Gasteiger partial charge in [0.2, 0.25) is 0 Å². The van der Waals surface area contributed by atoms with Crippen LogP contribution in [0, 0.1) is 6.07 Å². The number of halogens is 3. The zero-order chi connectivity index (χ0) is 71.4. The van der Waals surface area contributed by atoms with Crippen LogP contribution in [0.5, 0.6) is 5.75 Å². The minimum atomic E-state index is -1.24. The van der Waals surface area contributed by atoms with Gasteiger partial charge in [0.05, 0.1) is 40.1 Å². The van der Waals surface area contributed by atoms with Crippen LogP contribution in [0.15, 0.2) is 308 Å². The van der Waals surface area contributed by atoms with E-state index in [1.54, 1.807) is 112 Å². The molecule has 1 aliphatic rings. The Balaban J connectivity index is 0.000000177. The predicted octanol–water partition coefficient (Wildman–Crippen LogP) is 15.9. The number of carboxylic acid groups (broad SMARTS) is 2. The molecule has 0 saturated heterocycles. The van der Waals surface area contributed by atoms with Gasteiger partial charge in [-0.15, -0.1) is 35.0 Å². The molecule has 0 fully saturated rings.